The Bertz CT molecular complexity index is 570. The van der Waals surface area contributed by atoms with Crippen molar-refractivity contribution >= 4 is 5.78 Å². The van der Waals surface area contributed by atoms with Gasteiger partial charge in [-0.15, -0.1) is 0 Å². The summed E-state index contributed by atoms with van der Waals surface area (Å²) in [6, 6.07) is 14.0. The van der Waals surface area contributed by atoms with Crippen molar-refractivity contribution < 1.29 is 4.79 Å². The van der Waals surface area contributed by atoms with Crippen molar-refractivity contribution in [3.05, 3.63) is 53.7 Å². The van der Waals surface area contributed by atoms with E-state index >= 15 is 0 Å². The number of rotatable bonds is 4. The van der Waals surface area contributed by atoms with Gasteiger partial charge in [-0.2, -0.15) is 0 Å². The normalized spacial score (nSPS) is 10.7. The number of hydrogen-bond acceptors (Lipinski definition) is 2. The molecule has 2 nitrogen and oxygen atoms in total. The van der Waals surface area contributed by atoms with Gasteiger partial charge in [-0.05, 0) is 30.0 Å². The van der Waals surface area contributed by atoms with Crippen molar-refractivity contribution in [1.29, 1.82) is 0 Å². The summed E-state index contributed by atoms with van der Waals surface area (Å²) in [6.07, 6.45) is 1.08. The lowest BCUT2D eigenvalue weighted by atomic mass is 10.0. The number of hydrogen-bond donors (Lipinski definition) is 0. The predicted octanol–water partition coefficient (Wildman–Crippen LogP) is 4.15. The number of Topliss-reactive ketones (excluding diaryl/α,β-unsaturated/α-hetero) is 1. The fraction of sp³-hybridized carbons (Fsp3) is 0.294. The number of pyridine rings is 1. The molecule has 98 valence electrons. The molecule has 19 heavy (non-hydrogen) atoms. The predicted molar refractivity (Wildman–Crippen MR) is 78.2 cm³/mol. The molecular weight excluding hydrogens is 234 g/mol. The molecule has 0 N–H and O–H groups in total. The molecule has 0 bridgehead atoms. The van der Waals surface area contributed by atoms with Crippen molar-refractivity contribution in [3.8, 4) is 11.3 Å². The molecule has 2 aromatic rings. The largest absolute Gasteiger partial charge is 0.293 e. The van der Waals surface area contributed by atoms with Crippen LogP contribution < -0.4 is 0 Å². The highest BCUT2D eigenvalue weighted by Crippen LogP contribution is 2.19. The van der Waals surface area contributed by atoms with E-state index in [1.54, 1.807) is 6.07 Å². The molecule has 0 unspecified atom stereocenters. The van der Waals surface area contributed by atoms with Crippen LogP contribution in [-0.4, -0.2) is 10.8 Å². The lowest BCUT2D eigenvalue weighted by molar-refractivity contribution is 0.101. The average molecular weight is 253 g/mol. The first kappa shape index (κ1) is 13.5. The van der Waals surface area contributed by atoms with E-state index in [9.17, 15) is 4.79 Å². The van der Waals surface area contributed by atoms with Gasteiger partial charge in [-0.25, -0.2) is 4.98 Å². The van der Waals surface area contributed by atoms with E-state index in [1.165, 1.54) is 12.5 Å². The first-order valence-corrected chi connectivity index (χ1v) is 6.63. The zero-order valence-corrected chi connectivity index (χ0v) is 11.7. The van der Waals surface area contributed by atoms with Gasteiger partial charge in [0.25, 0.3) is 0 Å². The zero-order valence-electron chi connectivity index (χ0n) is 11.7. The van der Waals surface area contributed by atoms with Gasteiger partial charge in [0.05, 0.1) is 5.69 Å². The molecule has 2 heteroatoms. The molecule has 1 heterocycles. The lowest BCUT2D eigenvalue weighted by Gasteiger charge is -2.07. The molecule has 0 aliphatic heterocycles. The summed E-state index contributed by atoms with van der Waals surface area (Å²) in [7, 11) is 0. The highest BCUT2D eigenvalue weighted by molar-refractivity contribution is 5.92. The average Bonchev–Trinajstić information content (AvgIpc) is 2.39. The maximum absolute atomic E-state index is 11.3. The summed E-state index contributed by atoms with van der Waals surface area (Å²) < 4.78 is 0. The van der Waals surface area contributed by atoms with E-state index in [0.29, 0.717) is 11.6 Å². The number of ketones is 1. The smallest absolute Gasteiger partial charge is 0.178 e. The quantitative estimate of drug-likeness (QED) is 0.766. The second kappa shape index (κ2) is 5.79. The van der Waals surface area contributed by atoms with Crippen molar-refractivity contribution in [1.82, 2.24) is 4.98 Å². The molecule has 0 saturated carbocycles. The summed E-state index contributed by atoms with van der Waals surface area (Å²) >= 11 is 0. The van der Waals surface area contributed by atoms with Gasteiger partial charge in [0.2, 0.25) is 0 Å². The van der Waals surface area contributed by atoms with Gasteiger partial charge in [-0.3, -0.25) is 4.79 Å². The van der Waals surface area contributed by atoms with Gasteiger partial charge >= 0.3 is 0 Å². The number of benzene rings is 1. The highest BCUT2D eigenvalue weighted by atomic mass is 16.1. The van der Waals surface area contributed by atoms with Crippen molar-refractivity contribution in [2.45, 2.75) is 27.2 Å². The molecule has 0 radical (unpaired) electrons. The van der Waals surface area contributed by atoms with Crippen LogP contribution in [0.25, 0.3) is 11.3 Å². The lowest BCUT2D eigenvalue weighted by Crippen LogP contribution is -1.98. The monoisotopic (exact) mass is 253 g/mol. The summed E-state index contributed by atoms with van der Waals surface area (Å²) in [5.74, 6) is 0.656. The Balaban J connectivity index is 2.27. The second-order valence-electron chi connectivity index (χ2n) is 5.26. The van der Waals surface area contributed by atoms with Gasteiger partial charge in [0, 0.05) is 12.5 Å². The van der Waals surface area contributed by atoms with Crippen molar-refractivity contribution in [2.24, 2.45) is 5.92 Å². The van der Waals surface area contributed by atoms with Crippen LogP contribution in [0.2, 0.25) is 0 Å². The molecule has 0 aliphatic rings. The number of carbonyl (C=O) groups is 1. The van der Waals surface area contributed by atoms with Crippen LogP contribution in [0.1, 0.15) is 36.8 Å². The molecule has 1 aromatic heterocycles. The standard InChI is InChI=1S/C17H19NO/c1-12(2)11-14-7-9-15(10-8-14)17-6-4-5-16(18-17)13(3)19/h4-10,12H,11H2,1-3H3. The molecular formula is C17H19NO. The zero-order chi connectivity index (χ0) is 13.8. The Morgan fingerprint density at radius 1 is 1.11 bits per heavy atom. The van der Waals surface area contributed by atoms with Gasteiger partial charge in [0.15, 0.2) is 5.78 Å². The molecule has 0 saturated heterocycles. The van der Waals surface area contributed by atoms with Gasteiger partial charge in [0.1, 0.15) is 5.69 Å². The summed E-state index contributed by atoms with van der Waals surface area (Å²) in [4.78, 5) is 15.7. The fourth-order valence-electron chi connectivity index (χ4n) is 2.07. The third-order valence-electron chi connectivity index (χ3n) is 3.00. The number of aromatic nitrogens is 1. The minimum atomic E-state index is -0.00159. The first-order valence-electron chi connectivity index (χ1n) is 6.63. The molecule has 2 rings (SSSR count). The molecule has 0 fully saturated rings. The first-order chi connectivity index (χ1) is 9.06. The van der Waals surface area contributed by atoms with Crippen molar-refractivity contribution in [3.63, 3.8) is 0 Å². The van der Waals surface area contributed by atoms with E-state index in [4.69, 9.17) is 0 Å². The Labute approximate surface area is 114 Å². The molecule has 1 aromatic carbocycles. The van der Waals surface area contributed by atoms with Gasteiger partial charge in [-0.1, -0.05) is 44.2 Å². The van der Waals surface area contributed by atoms with Crippen LogP contribution in [-0.2, 0) is 6.42 Å². The minimum Gasteiger partial charge on any atom is -0.293 e. The summed E-state index contributed by atoms with van der Waals surface area (Å²) in [5, 5.41) is 0. The van der Waals surface area contributed by atoms with Crippen LogP contribution >= 0.6 is 0 Å². The van der Waals surface area contributed by atoms with Crippen LogP contribution in [0.5, 0.6) is 0 Å². The summed E-state index contributed by atoms with van der Waals surface area (Å²) in [6.45, 7) is 5.97. The Hall–Kier alpha value is -1.96. The van der Waals surface area contributed by atoms with Crippen LogP contribution in [0.15, 0.2) is 42.5 Å². The second-order valence-corrected chi connectivity index (χ2v) is 5.26. The topological polar surface area (TPSA) is 30.0 Å². The summed E-state index contributed by atoms with van der Waals surface area (Å²) in [5.41, 5.74) is 3.75. The minimum absolute atomic E-state index is 0.00159. The third kappa shape index (κ3) is 3.50. The van der Waals surface area contributed by atoms with Crippen molar-refractivity contribution in [2.75, 3.05) is 0 Å². The molecule has 0 aliphatic carbocycles. The maximum Gasteiger partial charge on any atom is 0.178 e. The fourth-order valence-corrected chi connectivity index (χ4v) is 2.07. The van der Waals surface area contributed by atoms with E-state index < -0.39 is 0 Å². The third-order valence-corrected chi connectivity index (χ3v) is 3.00. The van der Waals surface area contributed by atoms with Crippen LogP contribution in [0.4, 0.5) is 0 Å². The number of carbonyl (C=O) groups excluding carboxylic acids is 1. The number of nitrogens with zero attached hydrogens (tertiary/aromatic N) is 1. The molecule has 0 atom stereocenters. The molecule has 0 spiro atoms. The van der Waals surface area contributed by atoms with E-state index in [-0.39, 0.29) is 5.78 Å². The Morgan fingerprint density at radius 2 is 1.79 bits per heavy atom. The van der Waals surface area contributed by atoms with Crippen LogP contribution in [0.3, 0.4) is 0 Å². The highest BCUT2D eigenvalue weighted by Gasteiger charge is 2.05. The van der Waals surface area contributed by atoms with E-state index in [0.717, 1.165) is 17.7 Å². The SMILES string of the molecule is CC(=O)c1cccc(-c2ccc(CC(C)C)cc2)n1. The van der Waals surface area contributed by atoms with Gasteiger partial charge < -0.3 is 0 Å². The van der Waals surface area contributed by atoms with Crippen LogP contribution in [0, 0.1) is 5.92 Å². The van der Waals surface area contributed by atoms with E-state index in [2.05, 4.69) is 43.1 Å². The van der Waals surface area contributed by atoms with E-state index in [1.807, 2.05) is 12.1 Å². The molecule has 0 amide bonds. The maximum atomic E-state index is 11.3. The Morgan fingerprint density at radius 3 is 2.37 bits per heavy atom. The Kier molecular flexibility index (Phi) is 4.10.